The number of carbonyl (C=O) groups excluding carboxylic acids is 2. The number of aromatic amines is 1. The average molecular weight is 508 g/mol. The van der Waals surface area contributed by atoms with Crippen LogP contribution in [0.1, 0.15) is 29.3 Å². The predicted molar refractivity (Wildman–Crippen MR) is 146 cm³/mol. The van der Waals surface area contributed by atoms with E-state index in [0.29, 0.717) is 17.9 Å². The number of hydrogen-bond donors (Lipinski definition) is 1. The first-order valence-electron chi connectivity index (χ1n) is 12.7. The van der Waals surface area contributed by atoms with Gasteiger partial charge in [-0.05, 0) is 47.9 Å². The molecule has 0 unspecified atom stereocenters. The fourth-order valence-corrected chi connectivity index (χ4v) is 5.71. The summed E-state index contributed by atoms with van der Waals surface area (Å²) >= 11 is 0. The standard InChI is InChI=1S/C31H29N3O4/c1-31(21-14-15-26-27(17-21)38-19-37-26)29-23(22-11-7-8-12-24(22)32-29)18-25(30(36)33(2)3)34(31)28(35)16-13-20-9-5-4-6-10-20/h4-17,25,32H,18-19H2,1-3H3/b16-13+/t25-,31-/m1/s1. The van der Waals surface area contributed by atoms with Gasteiger partial charge in [-0.1, -0.05) is 54.6 Å². The third kappa shape index (κ3) is 3.74. The summed E-state index contributed by atoms with van der Waals surface area (Å²) in [5.74, 6) is 0.898. The molecule has 2 aliphatic heterocycles. The molecular formula is C31H29N3O4. The van der Waals surface area contributed by atoms with Gasteiger partial charge in [0.2, 0.25) is 18.6 Å². The van der Waals surface area contributed by atoms with Crippen LogP contribution in [0.3, 0.4) is 0 Å². The second-order valence-corrected chi connectivity index (χ2v) is 10.1. The number of para-hydroxylation sites is 1. The molecule has 0 bridgehead atoms. The zero-order valence-electron chi connectivity index (χ0n) is 21.6. The molecule has 4 aromatic rings. The molecule has 1 N–H and O–H groups in total. The number of ether oxygens (including phenoxy) is 2. The Hall–Kier alpha value is -4.52. The van der Waals surface area contributed by atoms with Crippen molar-refractivity contribution < 1.29 is 19.1 Å². The lowest BCUT2D eigenvalue weighted by molar-refractivity contribution is -0.147. The smallest absolute Gasteiger partial charge is 0.248 e. The van der Waals surface area contributed by atoms with Crippen molar-refractivity contribution in [2.24, 2.45) is 0 Å². The molecule has 2 atom stereocenters. The molecule has 1 aromatic heterocycles. The van der Waals surface area contributed by atoms with Crippen molar-refractivity contribution in [2.45, 2.75) is 24.9 Å². The normalized spacial score (nSPS) is 20.1. The van der Waals surface area contributed by atoms with Gasteiger partial charge < -0.3 is 24.3 Å². The molecule has 3 aromatic carbocycles. The first-order valence-corrected chi connectivity index (χ1v) is 12.7. The van der Waals surface area contributed by atoms with E-state index in [-0.39, 0.29) is 18.6 Å². The minimum Gasteiger partial charge on any atom is -0.454 e. The van der Waals surface area contributed by atoms with E-state index in [1.165, 1.54) is 0 Å². The highest BCUT2D eigenvalue weighted by Gasteiger charge is 2.51. The zero-order chi connectivity index (χ0) is 26.4. The molecule has 3 heterocycles. The fraction of sp³-hybridized carbons (Fsp3) is 0.226. The monoisotopic (exact) mass is 507 g/mol. The summed E-state index contributed by atoms with van der Waals surface area (Å²) in [5, 5.41) is 1.05. The van der Waals surface area contributed by atoms with Gasteiger partial charge in [-0.2, -0.15) is 0 Å². The highest BCUT2D eigenvalue weighted by Crippen LogP contribution is 2.48. The van der Waals surface area contributed by atoms with E-state index in [1.54, 1.807) is 36.0 Å². The molecule has 0 fully saturated rings. The number of aromatic nitrogens is 1. The minimum atomic E-state index is -0.998. The molecule has 0 saturated carbocycles. The van der Waals surface area contributed by atoms with E-state index in [1.807, 2.05) is 73.7 Å². The van der Waals surface area contributed by atoms with E-state index < -0.39 is 11.6 Å². The summed E-state index contributed by atoms with van der Waals surface area (Å²) in [6.07, 6.45) is 3.76. The van der Waals surface area contributed by atoms with Crippen molar-refractivity contribution in [3.63, 3.8) is 0 Å². The van der Waals surface area contributed by atoms with Crippen molar-refractivity contribution in [1.82, 2.24) is 14.8 Å². The highest BCUT2D eigenvalue weighted by molar-refractivity contribution is 5.98. The van der Waals surface area contributed by atoms with Crippen molar-refractivity contribution in [3.05, 3.63) is 101 Å². The number of amides is 2. The van der Waals surface area contributed by atoms with E-state index >= 15 is 0 Å². The third-order valence-corrected chi connectivity index (χ3v) is 7.61. The topological polar surface area (TPSA) is 74.9 Å². The Kier molecular flexibility index (Phi) is 5.71. The van der Waals surface area contributed by atoms with Gasteiger partial charge in [0.05, 0.1) is 0 Å². The average Bonchev–Trinajstić information content (AvgIpc) is 3.56. The number of H-pyrrole nitrogens is 1. The van der Waals surface area contributed by atoms with E-state index in [0.717, 1.165) is 33.3 Å². The Balaban J connectivity index is 1.58. The lowest BCUT2D eigenvalue weighted by atomic mass is 9.77. The van der Waals surface area contributed by atoms with E-state index in [2.05, 4.69) is 11.1 Å². The maximum Gasteiger partial charge on any atom is 0.248 e. The Morgan fingerprint density at radius 2 is 1.74 bits per heavy atom. The van der Waals surface area contributed by atoms with Crippen LogP contribution >= 0.6 is 0 Å². The lowest BCUT2D eigenvalue weighted by Gasteiger charge is -2.49. The summed E-state index contributed by atoms with van der Waals surface area (Å²) in [5.41, 5.74) is 3.63. The summed E-state index contributed by atoms with van der Waals surface area (Å²) in [6, 6.07) is 22.8. The Morgan fingerprint density at radius 1 is 1.00 bits per heavy atom. The molecule has 0 radical (unpaired) electrons. The van der Waals surface area contributed by atoms with Crippen LogP contribution in [0.25, 0.3) is 17.0 Å². The Morgan fingerprint density at radius 3 is 2.53 bits per heavy atom. The van der Waals surface area contributed by atoms with E-state index in [9.17, 15) is 9.59 Å². The number of hydrogen-bond acceptors (Lipinski definition) is 4. The van der Waals surface area contributed by atoms with Gasteiger partial charge >= 0.3 is 0 Å². The molecule has 2 amide bonds. The maximum atomic E-state index is 14.2. The second kappa shape index (κ2) is 9.10. The van der Waals surface area contributed by atoms with Crippen LogP contribution in [0.15, 0.2) is 78.9 Å². The van der Waals surface area contributed by atoms with Gasteiger partial charge in [0.1, 0.15) is 11.6 Å². The summed E-state index contributed by atoms with van der Waals surface area (Å²) < 4.78 is 11.3. The van der Waals surface area contributed by atoms with Crippen LogP contribution in [-0.4, -0.2) is 53.5 Å². The first kappa shape index (κ1) is 23.9. The van der Waals surface area contributed by atoms with Gasteiger partial charge in [-0.3, -0.25) is 9.59 Å². The SMILES string of the molecule is CN(C)C(=O)[C@H]1Cc2c([nH]c3ccccc23)[C@@](C)(c2ccc3c(c2)OCO3)N1C(=O)/C=C/c1ccccc1. The number of nitrogens with one attached hydrogen (secondary N) is 1. The molecule has 192 valence electrons. The predicted octanol–water partition coefficient (Wildman–Crippen LogP) is 4.72. The van der Waals surface area contributed by atoms with Gasteiger partial charge in [-0.25, -0.2) is 0 Å². The van der Waals surface area contributed by atoms with Gasteiger partial charge in [0, 0.05) is 43.2 Å². The summed E-state index contributed by atoms with van der Waals surface area (Å²) in [4.78, 5) is 34.8. The fourth-order valence-electron chi connectivity index (χ4n) is 5.71. The minimum absolute atomic E-state index is 0.130. The van der Waals surface area contributed by atoms with Gasteiger partial charge in [0.25, 0.3) is 0 Å². The highest BCUT2D eigenvalue weighted by atomic mass is 16.7. The van der Waals surface area contributed by atoms with Gasteiger partial charge in [0.15, 0.2) is 11.5 Å². The first-order chi connectivity index (χ1) is 18.4. The van der Waals surface area contributed by atoms with E-state index in [4.69, 9.17) is 9.47 Å². The number of nitrogens with zero attached hydrogens (tertiary/aromatic N) is 2. The van der Waals surface area contributed by atoms with Crippen LogP contribution in [0, 0.1) is 0 Å². The number of benzene rings is 3. The van der Waals surface area contributed by atoms with Crippen molar-refractivity contribution >= 4 is 28.8 Å². The molecule has 0 spiro atoms. The summed E-state index contributed by atoms with van der Waals surface area (Å²) in [7, 11) is 3.46. The Labute approximate surface area is 221 Å². The lowest BCUT2D eigenvalue weighted by Crippen LogP contribution is -2.61. The number of likely N-dealkylation sites (N-methyl/N-ethyl adjacent to an activating group) is 1. The largest absolute Gasteiger partial charge is 0.454 e. The zero-order valence-corrected chi connectivity index (χ0v) is 21.6. The molecule has 2 aliphatic rings. The molecular weight excluding hydrogens is 478 g/mol. The van der Waals surface area contributed by atoms with Gasteiger partial charge in [-0.15, -0.1) is 0 Å². The molecule has 0 saturated heterocycles. The molecule has 0 aliphatic carbocycles. The van der Waals surface area contributed by atoms with Crippen LogP contribution < -0.4 is 9.47 Å². The van der Waals surface area contributed by atoms with Crippen molar-refractivity contribution in [1.29, 1.82) is 0 Å². The molecule has 6 rings (SSSR count). The molecule has 7 heteroatoms. The second-order valence-electron chi connectivity index (χ2n) is 10.1. The number of carbonyl (C=O) groups is 2. The van der Waals surface area contributed by atoms with Crippen molar-refractivity contribution in [2.75, 3.05) is 20.9 Å². The number of fused-ring (bicyclic) bond motifs is 4. The molecule has 38 heavy (non-hydrogen) atoms. The Bertz CT molecular complexity index is 1570. The quantitative estimate of drug-likeness (QED) is 0.406. The van der Waals surface area contributed by atoms with Crippen LogP contribution in [0.2, 0.25) is 0 Å². The van der Waals surface area contributed by atoms with Crippen molar-refractivity contribution in [3.8, 4) is 11.5 Å². The maximum absolute atomic E-state index is 14.2. The van der Waals surface area contributed by atoms with Crippen LogP contribution in [-0.2, 0) is 21.5 Å². The third-order valence-electron chi connectivity index (χ3n) is 7.61. The van der Waals surface area contributed by atoms with Crippen LogP contribution in [0.4, 0.5) is 0 Å². The van der Waals surface area contributed by atoms with Crippen LogP contribution in [0.5, 0.6) is 11.5 Å². The molecule has 7 nitrogen and oxygen atoms in total. The summed E-state index contributed by atoms with van der Waals surface area (Å²) in [6.45, 7) is 2.15. The number of rotatable bonds is 4.